The van der Waals surface area contributed by atoms with Crippen LogP contribution in [0.4, 0.5) is 10.1 Å². The van der Waals surface area contributed by atoms with Gasteiger partial charge in [0, 0.05) is 5.39 Å². The summed E-state index contributed by atoms with van der Waals surface area (Å²) in [5.41, 5.74) is -0.254. The Morgan fingerprint density at radius 3 is 2.79 bits per heavy atom. The number of piperidine rings is 1. The zero-order valence-electron chi connectivity index (χ0n) is 15.2. The minimum absolute atomic E-state index is 0.239. The van der Waals surface area contributed by atoms with Crippen LogP contribution in [-0.4, -0.2) is 41.5 Å². The number of carbonyl (C=O) groups is 1. The number of hydrogen-bond acceptors (Lipinski definition) is 5. The first-order valence-corrected chi connectivity index (χ1v) is 10.4. The summed E-state index contributed by atoms with van der Waals surface area (Å²) < 4.78 is 36.1. The van der Waals surface area contributed by atoms with Crippen LogP contribution >= 0.6 is 0 Å². The first-order chi connectivity index (χ1) is 13.5. The van der Waals surface area contributed by atoms with Crippen molar-refractivity contribution < 1.29 is 23.2 Å². The average Bonchev–Trinajstić information content (AvgIpc) is 3.01. The molecule has 0 bridgehead atoms. The Bertz CT molecular complexity index is 933. The largest absolute Gasteiger partial charge is 0.506 e. The molecule has 2 aliphatic heterocycles. The third kappa shape index (κ3) is 3.77. The maximum Gasteiger partial charge on any atom is 0.253 e. The zero-order chi connectivity index (χ0) is 19.7. The van der Waals surface area contributed by atoms with Gasteiger partial charge in [-0.3, -0.25) is 13.8 Å². The molecular weight excluding hydrogens is 385 g/mol. The number of phenolic OH excluding ortho intramolecular Hbond substituents is 1. The van der Waals surface area contributed by atoms with Crippen LogP contribution in [0.2, 0.25) is 0 Å². The molecule has 2 aliphatic rings. The molecule has 0 saturated carbocycles. The molecule has 2 heterocycles. The number of hydrogen-bond donors (Lipinski definition) is 3. The fraction of sp³-hybridized carbons (Fsp3) is 0.421. The average molecular weight is 407 g/mol. The lowest BCUT2D eigenvalue weighted by atomic mass is 9.95. The number of nitrogens with zero attached hydrogens (tertiary/aromatic N) is 1. The number of aromatic hydroxyl groups is 1. The van der Waals surface area contributed by atoms with Crippen LogP contribution in [0.5, 0.6) is 11.5 Å². The second-order valence-electron chi connectivity index (χ2n) is 7.08. The first kappa shape index (κ1) is 18.9. The van der Waals surface area contributed by atoms with Crippen molar-refractivity contribution in [3.8, 4) is 11.5 Å². The van der Waals surface area contributed by atoms with Gasteiger partial charge in [0.1, 0.15) is 23.7 Å². The van der Waals surface area contributed by atoms with E-state index in [2.05, 4.69) is 10.0 Å². The van der Waals surface area contributed by atoms with Gasteiger partial charge in [-0.15, -0.1) is 0 Å². The van der Waals surface area contributed by atoms with Gasteiger partial charge in [0.05, 0.1) is 6.61 Å². The molecule has 2 fully saturated rings. The van der Waals surface area contributed by atoms with Crippen molar-refractivity contribution in [1.82, 2.24) is 10.0 Å². The molecule has 1 amide bonds. The maximum atomic E-state index is 15.1. The van der Waals surface area contributed by atoms with E-state index in [-0.39, 0.29) is 23.4 Å². The van der Waals surface area contributed by atoms with Crippen molar-refractivity contribution in [2.75, 3.05) is 30.5 Å². The highest BCUT2D eigenvalue weighted by Crippen LogP contribution is 2.38. The number of amides is 1. The molecule has 2 saturated heterocycles. The Balaban J connectivity index is 1.56. The summed E-state index contributed by atoms with van der Waals surface area (Å²) >= 11 is -1.92. The SMILES string of the molecule is O=C1CN(c2c(O)cc3ccc(OCCC4CCNCC4)cc3c2F)S(=O)N1. The molecule has 3 N–H and O–H groups in total. The van der Waals surface area contributed by atoms with Gasteiger partial charge in [-0.25, -0.2) is 8.60 Å². The number of halogens is 1. The zero-order valence-corrected chi connectivity index (χ0v) is 16.1. The second-order valence-corrected chi connectivity index (χ2v) is 8.23. The summed E-state index contributed by atoms with van der Waals surface area (Å²) in [4.78, 5) is 11.5. The van der Waals surface area contributed by atoms with Crippen molar-refractivity contribution in [2.45, 2.75) is 19.3 Å². The minimum atomic E-state index is -1.92. The van der Waals surface area contributed by atoms with Gasteiger partial charge in [-0.1, -0.05) is 6.07 Å². The number of rotatable bonds is 5. The second kappa shape index (κ2) is 7.92. The molecule has 2 aromatic carbocycles. The molecule has 0 radical (unpaired) electrons. The van der Waals surface area contributed by atoms with Gasteiger partial charge in [0.15, 0.2) is 5.82 Å². The van der Waals surface area contributed by atoms with Gasteiger partial charge in [0.25, 0.3) is 5.91 Å². The van der Waals surface area contributed by atoms with E-state index in [1.54, 1.807) is 18.2 Å². The van der Waals surface area contributed by atoms with E-state index < -0.39 is 22.9 Å². The Morgan fingerprint density at radius 1 is 1.29 bits per heavy atom. The van der Waals surface area contributed by atoms with Crippen LogP contribution in [-0.2, 0) is 16.0 Å². The standard InChI is InChI=1S/C19H22FN3O4S/c20-18-15-10-14(27-8-5-12-3-6-21-7-4-12)2-1-13(15)9-16(24)19(18)23-11-17(25)22-28(23)26/h1-2,9-10,12,21,24H,3-8,11H2,(H,22,25). The van der Waals surface area contributed by atoms with Crippen LogP contribution in [0.3, 0.4) is 0 Å². The Morgan fingerprint density at radius 2 is 2.07 bits per heavy atom. The highest BCUT2D eigenvalue weighted by molar-refractivity contribution is 7.85. The molecule has 0 aromatic heterocycles. The van der Waals surface area contributed by atoms with Crippen molar-refractivity contribution in [3.63, 3.8) is 0 Å². The molecule has 1 unspecified atom stereocenters. The van der Waals surface area contributed by atoms with Gasteiger partial charge < -0.3 is 15.2 Å². The summed E-state index contributed by atoms with van der Waals surface area (Å²) in [6, 6.07) is 6.38. The van der Waals surface area contributed by atoms with E-state index in [1.165, 1.54) is 6.07 Å². The van der Waals surface area contributed by atoms with Crippen molar-refractivity contribution in [1.29, 1.82) is 0 Å². The smallest absolute Gasteiger partial charge is 0.253 e. The van der Waals surface area contributed by atoms with Gasteiger partial charge in [0.2, 0.25) is 11.2 Å². The summed E-state index contributed by atoms with van der Waals surface area (Å²) in [6.45, 7) is 2.34. The molecule has 0 spiro atoms. The van der Waals surface area contributed by atoms with E-state index in [9.17, 15) is 14.1 Å². The highest BCUT2D eigenvalue weighted by atomic mass is 32.2. The summed E-state index contributed by atoms with van der Waals surface area (Å²) in [7, 11) is 0. The lowest BCUT2D eigenvalue weighted by Gasteiger charge is -2.22. The van der Waals surface area contributed by atoms with Crippen LogP contribution in [0.25, 0.3) is 10.8 Å². The van der Waals surface area contributed by atoms with Gasteiger partial charge >= 0.3 is 0 Å². The van der Waals surface area contributed by atoms with E-state index in [1.807, 2.05) is 0 Å². The third-order valence-electron chi connectivity index (χ3n) is 5.20. The Kier molecular flexibility index (Phi) is 5.36. The number of benzene rings is 2. The van der Waals surface area contributed by atoms with Crippen LogP contribution in [0, 0.1) is 11.7 Å². The fourth-order valence-corrected chi connectivity index (χ4v) is 4.63. The number of fused-ring (bicyclic) bond motifs is 1. The Hall–Kier alpha value is -2.39. The van der Waals surface area contributed by atoms with Crippen LogP contribution < -0.4 is 19.1 Å². The van der Waals surface area contributed by atoms with E-state index >= 15 is 4.39 Å². The molecule has 1 atom stereocenters. The quantitative estimate of drug-likeness (QED) is 0.705. The number of nitrogens with one attached hydrogen (secondary N) is 2. The molecule has 2 aromatic rings. The molecule has 150 valence electrons. The van der Waals surface area contributed by atoms with Crippen LogP contribution in [0.1, 0.15) is 19.3 Å². The predicted octanol–water partition coefficient (Wildman–Crippen LogP) is 1.97. The Labute approximate surface area is 164 Å². The number of anilines is 1. The summed E-state index contributed by atoms with van der Waals surface area (Å²) in [6.07, 6.45) is 3.22. The molecule has 28 heavy (non-hydrogen) atoms. The fourth-order valence-electron chi connectivity index (χ4n) is 3.68. The van der Waals surface area contributed by atoms with Gasteiger partial charge in [-0.2, -0.15) is 0 Å². The first-order valence-electron chi connectivity index (χ1n) is 9.30. The van der Waals surface area contributed by atoms with Gasteiger partial charge in [-0.05, 0) is 61.9 Å². The number of phenols is 1. The van der Waals surface area contributed by atoms with E-state index in [0.717, 1.165) is 36.7 Å². The normalized spacial score (nSPS) is 20.5. The number of ether oxygens (including phenoxy) is 1. The third-order valence-corrected chi connectivity index (χ3v) is 6.31. The molecule has 9 heteroatoms. The van der Waals surface area contributed by atoms with Crippen LogP contribution in [0.15, 0.2) is 24.3 Å². The molecular formula is C19H22FN3O4S. The van der Waals surface area contributed by atoms with Crippen molar-refractivity contribution in [3.05, 3.63) is 30.1 Å². The lowest BCUT2D eigenvalue weighted by molar-refractivity contribution is -0.117. The number of carbonyl (C=O) groups excluding carboxylic acids is 1. The summed E-state index contributed by atoms with van der Waals surface area (Å²) in [5, 5.41) is 14.3. The molecule has 4 rings (SSSR count). The lowest BCUT2D eigenvalue weighted by Crippen LogP contribution is -2.28. The summed E-state index contributed by atoms with van der Waals surface area (Å²) in [5.74, 6) is -0.420. The minimum Gasteiger partial charge on any atom is -0.506 e. The molecule has 7 nitrogen and oxygen atoms in total. The highest BCUT2D eigenvalue weighted by Gasteiger charge is 2.32. The molecule has 0 aliphatic carbocycles. The topological polar surface area (TPSA) is 90.9 Å². The van der Waals surface area contributed by atoms with E-state index in [4.69, 9.17) is 4.74 Å². The maximum absolute atomic E-state index is 15.1. The monoisotopic (exact) mass is 407 g/mol. The van der Waals surface area contributed by atoms with Crippen molar-refractivity contribution in [2.24, 2.45) is 5.92 Å². The van der Waals surface area contributed by atoms with E-state index in [0.29, 0.717) is 23.7 Å². The predicted molar refractivity (Wildman–Crippen MR) is 105 cm³/mol. The van der Waals surface area contributed by atoms with Crippen molar-refractivity contribution >= 4 is 33.5 Å².